The van der Waals surface area contributed by atoms with Crippen LogP contribution in [0.1, 0.15) is 53.2 Å². The maximum Gasteiger partial charge on any atom is 0.194 e. The summed E-state index contributed by atoms with van der Waals surface area (Å²) in [6.07, 6.45) is 4.48. The number of nitrogens with zero attached hydrogens (tertiary/aromatic N) is 1. The van der Waals surface area contributed by atoms with Crippen molar-refractivity contribution in [2.75, 3.05) is 0 Å². The Kier molecular flexibility index (Phi) is 2.68. The van der Waals surface area contributed by atoms with Crippen molar-refractivity contribution in [1.82, 2.24) is 0 Å². The lowest BCUT2D eigenvalue weighted by molar-refractivity contribution is -0.573. The minimum atomic E-state index is 0.226. The highest BCUT2D eigenvalue weighted by Gasteiger charge is 2.44. The van der Waals surface area contributed by atoms with Gasteiger partial charge in [0.25, 0.3) is 0 Å². The Hall–Kier alpha value is -1.11. The first-order valence-corrected chi connectivity index (χ1v) is 6.43. The second kappa shape index (κ2) is 3.69. The van der Waals surface area contributed by atoms with Crippen molar-refractivity contribution in [2.24, 2.45) is 10.8 Å². The van der Waals surface area contributed by atoms with Crippen molar-refractivity contribution in [1.29, 1.82) is 0 Å². The quantitative estimate of drug-likeness (QED) is 0.593. The van der Waals surface area contributed by atoms with E-state index in [1.54, 1.807) is 0 Å². The first kappa shape index (κ1) is 12.3. The summed E-state index contributed by atoms with van der Waals surface area (Å²) < 4.78 is 2.29. The van der Waals surface area contributed by atoms with Crippen molar-refractivity contribution in [3.05, 3.63) is 35.7 Å². The Balaban J connectivity index is 2.57. The molecule has 0 aromatic carbocycles. The summed E-state index contributed by atoms with van der Waals surface area (Å²) in [5, 5.41) is 0. The number of fused-ring (bicyclic) bond motifs is 1. The Morgan fingerprint density at radius 1 is 1.00 bits per heavy atom. The van der Waals surface area contributed by atoms with Crippen molar-refractivity contribution in [3.8, 4) is 0 Å². The average Bonchev–Trinajstić information content (AvgIpc) is 2.54. The van der Waals surface area contributed by atoms with E-state index >= 15 is 0 Å². The number of aromatic nitrogens is 1. The van der Waals surface area contributed by atoms with E-state index in [0.717, 1.165) is 0 Å². The zero-order valence-corrected chi connectivity index (χ0v) is 11.9. The molecule has 1 aliphatic rings. The molecule has 0 amide bonds. The van der Waals surface area contributed by atoms with Gasteiger partial charge in [-0.05, 0) is 10.8 Å². The molecule has 17 heavy (non-hydrogen) atoms. The van der Waals surface area contributed by atoms with Crippen molar-refractivity contribution in [2.45, 2.75) is 47.5 Å². The van der Waals surface area contributed by atoms with Gasteiger partial charge in [0.2, 0.25) is 0 Å². The van der Waals surface area contributed by atoms with Crippen molar-refractivity contribution < 1.29 is 4.57 Å². The molecular formula is C16H24N+. The predicted molar refractivity (Wildman–Crippen MR) is 72.6 cm³/mol. The first-order valence-electron chi connectivity index (χ1n) is 6.43. The molecule has 0 N–H and O–H groups in total. The van der Waals surface area contributed by atoms with Crippen LogP contribution in [0.3, 0.4) is 0 Å². The highest BCUT2D eigenvalue weighted by molar-refractivity contribution is 5.41. The summed E-state index contributed by atoms with van der Waals surface area (Å²) in [7, 11) is 0. The molecule has 0 radical (unpaired) electrons. The van der Waals surface area contributed by atoms with Crippen LogP contribution in [-0.2, 0) is 0 Å². The summed E-state index contributed by atoms with van der Waals surface area (Å²) in [6.45, 7) is 13.9. The topological polar surface area (TPSA) is 3.88 Å². The molecule has 0 bridgehead atoms. The molecule has 1 atom stereocenters. The molecule has 2 heterocycles. The second-order valence-corrected chi connectivity index (χ2v) is 7.17. The van der Waals surface area contributed by atoms with Gasteiger partial charge in [0.1, 0.15) is 0 Å². The van der Waals surface area contributed by atoms with E-state index in [9.17, 15) is 0 Å². The highest BCUT2D eigenvalue weighted by Crippen LogP contribution is 2.48. The Labute approximate surface area is 105 Å². The van der Waals surface area contributed by atoms with E-state index in [-0.39, 0.29) is 10.8 Å². The van der Waals surface area contributed by atoms with Crippen LogP contribution in [0.15, 0.2) is 30.0 Å². The van der Waals surface area contributed by atoms with Gasteiger partial charge < -0.3 is 0 Å². The van der Waals surface area contributed by atoms with Crippen LogP contribution in [-0.4, -0.2) is 0 Å². The van der Waals surface area contributed by atoms with E-state index in [2.05, 4.69) is 76.7 Å². The molecule has 1 unspecified atom stereocenters. The lowest BCUT2D eigenvalue weighted by Crippen LogP contribution is -2.31. The van der Waals surface area contributed by atoms with Crippen LogP contribution in [0.4, 0.5) is 0 Å². The molecule has 0 saturated heterocycles. The third kappa shape index (κ3) is 2.15. The third-order valence-electron chi connectivity index (χ3n) is 3.54. The van der Waals surface area contributed by atoms with E-state index in [4.69, 9.17) is 0 Å². The van der Waals surface area contributed by atoms with E-state index in [1.165, 1.54) is 11.3 Å². The van der Waals surface area contributed by atoms with Crippen LogP contribution in [0.5, 0.6) is 0 Å². The molecular weight excluding hydrogens is 206 g/mol. The monoisotopic (exact) mass is 230 g/mol. The maximum atomic E-state index is 2.33. The van der Waals surface area contributed by atoms with Gasteiger partial charge in [-0.25, -0.2) is 0 Å². The maximum absolute atomic E-state index is 2.33. The summed E-state index contributed by atoms with van der Waals surface area (Å²) >= 11 is 0. The smallest absolute Gasteiger partial charge is 0.170 e. The first-order chi connectivity index (χ1) is 7.71. The molecule has 2 rings (SSSR count). The molecule has 1 aliphatic heterocycles. The number of pyridine rings is 1. The van der Waals surface area contributed by atoms with Crippen LogP contribution >= 0.6 is 0 Å². The Morgan fingerprint density at radius 3 is 2.18 bits per heavy atom. The molecule has 1 nitrogen and oxygen atoms in total. The number of hydrogen-bond acceptors (Lipinski definition) is 0. The average molecular weight is 230 g/mol. The van der Waals surface area contributed by atoms with Gasteiger partial charge in [-0.15, -0.1) is 0 Å². The summed E-state index contributed by atoms with van der Waals surface area (Å²) in [6, 6.07) is 6.50. The predicted octanol–water partition coefficient (Wildman–Crippen LogP) is 4.00. The Morgan fingerprint density at radius 2 is 1.65 bits per heavy atom. The fraction of sp³-hybridized carbons (Fsp3) is 0.562. The zero-order chi connectivity index (χ0) is 12.8. The number of rotatable bonds is 0. The Bertz CT molecular complexity index is 455. The van der Waals surface area contributed by atoms with Crippen LogP contribution in [0.2, 0.25) is 0 Å². The molecule has 0 aliphatic carbocycles. The molecule has 0 saturated carbocycles. The summed E-state index contributed by atoms with van der Waals surface area (Å²) in [4.78, 5) is 0. The van der Waals surface area contributed by atoms with Gasteiger partial charge in [-0.3, -0.25) is 0 Å². The normalized spacial score (nSPS) is 20.1. The lowest BCUT2D eigenvalue weighted by Gasteiger charge is -2.32. The zero-order valence-electron chi connectivity index (χ0n) is 11.9. The van der Waals surface area contributed by atoms with Gasteiger partial charge in [-0.2, -0.15) is 4.57 Å². The van der Waals surface area contributed by atoms with E-state index in [1.807, 2.05) is 0 Å². The van der Waals surface area contributed by atoms with Gasteiger partial charge in [-0.1, -0.05) is 47.6 Å². The standard InChI is InChI=1S/C16H24N/c1-15(2,3)12-11-17-10-8-7-9-13(17)14(12)16(4,5)6/h7-11,14H,1-6H3/q+1. The molecule has 1 aromatic rings. The van der Waals surface area contributed by atoms with Gasteiger partial charge in [0, 0.05) is 17.7 Å². The van der Waals surface area contributed by atoms with Gasteiger partial charge in [0.15, 0.2) is 18.1 Å². The van der Waals surface area contributed by atoms with Crippen molar-refractivity contribution in [3.63, 3.8) is 0 Å². The van der Waals surface area contributed by atoms with Gasteiger partial charge in [0.05, 0.1) is 5.92 Å². The SMILES string of the molecule is CC(C)(C)C1=C[n+]2ccccc2C1C(C)(C)C. The van der Waals surface area contributed by atoms with Gasteiger partial charge >= 0.3 is 0 Å². The summed E-state index contributed by atoms with van der Waals surface area (Å²) in [5.41, 5.74) is 3.45. The molecule has 1 aromatic heterocycles. The largest absolute Gasteiger partial charge is 0.194 e. The van der Waals surface area contributed by atoms with Crippen LogP contribution in [0, 0.1) is 10.8 Å². The van der Waals surface area contributed by atoms with E-state index in [0.29, 0.717) is 5.92 Å². The lowest BCUT2D eigenvalue weighted by atomic mass is 9.68. The van der Waals surface area contributed by atoms with Crippen LogP contribution in [0.25, 0.3) is 6.20 Å². The third-order valence-corrected chi connectivity index (χ3v) is 3.54. The molecule has 1 heteroatoms. The second-order valence-electron chi connectivity index (χ2n) is 7.17. The number of allylic oxidation sites excluding steroid dienone is 1. The molecule has 0 fully saturated rings. The minimum Gasteiger partial charge on any atom is -0.170 e. The fourth-order valence-electron chi connectivity index (χ4n) is 2.75. The van der Waals surface area contributed by atoms with E-state index < -0.39 is 0 Å². The van der Waals surface area contributed by atoms with Crippen LogP contribution < -0.4 is 4.57 Å². The minimum absolute atomic E-state index is 0.226. The highest BCUT2D eigenvalue weighted by atomic mass is 15.0. The summed E-state index contributed by atoms with van der Waals surface area (Å²) in [5.74, 6) is 0.517. The molecule has 0 spiro atoms. The number of hydrogen-bond donors (Lipinski definition) is 0. The van der Waals surface area contributed by atoms with Crippen molar-refractivity contribution >= 4 is 6.20 Å². The fourth-order valence-corrected chi connectivity index (χ4v) is 2.75. The molecule has 92 valence electrons.